The minimum atomic E-state index is -0.253. The first-order chi connectivity index (χ1) is 6.11. The summed E-state index contributed by atoms with van der Waals surface area (Å²) in [4.78, 5) is 11.1. The summed E-state index contributed by atoms with van der Waals surface area (Å²) in [5.74, 6) is -0.122. The number of rotatable bonds is 6. The van der Waals surface area contributed by atoms with Crippen LogP contribution in [-0.2, 0) is 4.79 Å². The van der Waals surface area contributed by atoms with Crippen molar-refractivity contribution in [3.63, 3.8) is 0 Å². The maximum Gasteiger partial charge on any atom is 0.185 e. The Morgan fingerprint density at radius 2 is 2.23 bits per heavy atom. The van der Waals surface area contributed by atoms with E-state index in [9.17, 15) is 4.79 Å². The highest BCUT2D eigenvalue weighted by atomic mass is 16.1. The Kier molecular flexibility index (Phi) is 5.82. The van der Waals surface area contributed by atoms with E-state index in [0.717, 1.165) is 0 Å². The maximum absolute atomic E-state index is 11.1. The quantitative estimate of drug-likeness (QED) is 0.243. The van der Waals surface area contributed by atoms with Crippen molar-refractivity contribution in [1.29, 1.82) is 5.41 Å². The van der Waals surface area contributed by atoms with Gasteiger partial charge in [-0.25, -0.2) is 0 Å². The Morgan fingerprint density at radius 1 is 1.62 bits per heavy atom. The number of nitrogens with one attached hydrogen (secondary N) is 3. The zero-order chi connectivity index (χ0) is 10.3. The lowest BCUT2D eigenvalue weighted by molar-refractivity contribution is -0.119. The average molecular weight is 187 g/mol. The first kappa shape index (κ1) is 11.9. The van der Waals surface area contributed by atoms with E-state index in [-0.39, 0.29) is 24.3 Å². The van der Waals surface area contributed by atoms with Crippen LogP contribution in [0.2, 0.25) is 0 Å². The summed E-state index contributed by atoms with van der Waals surface area (Å²) >= 11 is 0. The summed E-state index contributed by atoms with van der Waals surface area (Å²) in [6.07, 6.45) is 0.576. The van der Waals surface area contributed by atoms with Gasteiger partial charge in [-0.15, -0.1) is 0 Å². The van der Waals surface area contributed by atoms with E-state index in [4.69, 9.17) is 16.9 Å². The second kappa shape index (κ2) is 6.38. The molecule has 1 atom stereocenters. The van der Waals surface area contributed by atoms with E-state index in [1.807, 2.05) is 0 Å². The Balaban J connectivity index is 3.72. The van der Waals surface area contributed by atoms with Gasteiger partial charge in [-0.3, -0.25) is 10.2 Å². The summed E-state index contributed by atoms with van der Waals surface area (Å²) in [7, 11) is 1.70. The molecule has 0 aromatic rings. The predicted molar refractivity (Wildman–Crippen MR) is 51.4 cm³/mol. The summed E-state index contributed by atoms with van der Waals surface area (Å²) in [5, 5.41) is 12.3. The predicted octanol–water partition coefficient (Wildman–Crippen LogP) is -2.02. The van der Waals surface area contributed by atoms with Crippen molar-refractivity contribution in [2.45, 2.75) is 12.5 Å². The van der Waals surface area contributed by atoms with Crippen LogP contribution < -0.4 is 22.1 Å². The second-order valence-corrected chi connectivity index (χ2v) is 2.64. The van der Waals surface area contributed by atoms with Gasteiger partial charge in [0.25, 0.3) is 0 Å². The van der Waals surface area contributed by atoms with Crippen LogP contribution in [0.15, 0.2) is 0 Å². The van der Waals surface area contributed by atoms with Crippen LogP contribution in [0, 0.1) is 5.41 Å². The number of guanidine groups is 1. The van der Waals surface area contributed by atoms with Crippen molar-refractivity contribution >= 4 is 11.7 Å². The zero-order valence-electron chi connectivity index (χ0n) is 7.76. The van der Waals surface area contributed by atoms with Crippen molar-refractivity contribution in [3.8, 4) is 0 Å². The molecule has 0 bridgehead atoms. The molecule has 0 saturated carbocycles. The van der Waals surface area contributed by atoms with E-state index in [2.05, 4.69) is 10.6 Å². The third-order valence-electron chi connectivity index (χ3n) is 1.69. The van der Waals surface area contributed by atoms with Crippen LogP contribution in [0.25, 0.3) is 0 Å². The van der Waals surface area contributed by atoms with Gasteiger partial charge in [-0.1, -0.05) is 0 Å². The molecular formula is C7H17N5O. The third-order valence-corrected chi connectivity index (χ3v) is 1.69. The van der Waals surface area contributed by atoms with Gasteiger partial charge in [0.05, 0.1) is 12.6 Å². The number of likely N-dealkylation sites (N-methyl/N-ethyl adjacent to an activating group) is 1. The van der Waals surface area contributed by atoms with Gasteiger partial charge in [-0.05, 0) is 13.5 Å². The van der Waals surface area contributed by atoms with Crippen LogP contribution in [0.4, 0.5) is 0 Å². The lowest BCUT2D eigenvalue weighted by Gasteiger charge is -2.13. The van der Waals surface area contributed by atoms with Gasteiger partial charge in [0, 0.05) is 6.54 Å². The van der Waals surface area contributed by atoms with Crippen molar-refractivity contribution in [3.05, 3.63) is 0 Å². The van der Waals surface area contributed by atoms with Crippen LogP contribution in [0.3, 0.4) is 0 Å². The Hall–Kier alpha value is -1.14. The van der Waals surface area contributed by atoms with E-state index >= 15 is 0 Å². The first-order valence-corrected chi connectivity index (χ1v) is 4.09. The molecule has 0 aromatic carbocycles. The molecule has 0 saturated heterocycles. The molecule has 76 valence electrons. The molecule has 0 aliphatic carbocycles. The second-order valence-electron chi connectivity index (χ2n) is 2.64. The Bertz CT molecular complexity index is 182. The number of carbonyl (C=O) groups excluding carboxylic acids is 1. The van der Waals surface area contributed by atoms with Crippen molar-refractivity contribution in [2.24, 2.45) is 11.5 Å². The normalized spacial score (nSPS) is 12.2. The zero-order valence-corrected chi connectivity index (χ0v) is 7.76. The van der Waals surface area contributed by atoms with Crippen LogP contribution in [0.1, 0.15) is 6.42 Å². The topological polar surface area (TPSA) is 117 Å². The number of nitrogens with two attached hydrogens (primary N) is 2. The molecule has 0 aliphatic heterocycles. The molecule has 6 heteroatoms. The molecule has 0 rings (SSSR count). The van der Waals surface area contributed by atoms with Gasteiger partial charge in [-0.2, -0.15) is 0 Å². The smallest absolute Gasteiger partial charge is 0.185 e. The third kappa shape index (κ3) is 5.15. The summed E-state index contributed by atoms with van der Waals surface area (Å²) in [6.45, 7) is 0.526. The fraction of sp³-hybridized carbons (Fsp3) is 0.714. The van der Waals surface area contributed by atoms with Gasteiger partial charge in [0.1, 0.15) is 0 Å². The van der Waals surface area contributed by atoms with Crippen LogP contribution >= 0.6 is 0 Å². The molecule has 0 spiro atoms. The van der Waals surface area contributed by atoms with Gasteiger partial charge >= 0.3 is 0 Å². The number of ketones is 1. The minimum absolute atomic E-state index is 0.0333. The van der Waals surface area contributed by atoms with E-state index in [1.165, 1.54) is 0 Å². The van der Waals surface area contributed by atoms with E-state index in [0.29, 0.717) is 13.0 Å². The molecule has 0 fully saturated rings. The summed E-state index contributed by atoms with van der Waals surface area (Å²) < 4.78 is 0. The molecule has 1 unspecified atom stereocenters. The molecule has 0 aliphatic rings. The van der Waals surface area contributed by atoms with Crippen molar-refractivity contribution < 1.29 is 4.79 Å². The monoisotopic (exact) mass is 187 g/mol. The summed E-state index contributed by atoms with van der Waals surface area (Å²) in [6, 6.07) is -0.253. The van der Waals surface area contributed by atoms with E-state index < -0.39 is 0 Å². The number of Topliss-reactive ketones (excluding diaryl/α,β-unsaturated/α-hetero) is 1. The molecule has 13 heavy (non-hydrogen) atoms. The largest absolute Gasteiger partial charge is 0.370 e. The minimum Gasteiger partial charge on any atom is -0.370 e. The lowest BCUT2D eigenvalue weighted by atomic mass is 10.1. The fourth-order valence-corrected chi connectivity index (χ4v) is 0.960. The lowest BCUT2D eigenvalue weighted by Crippen LogP contribution is -2.41. The SMILES string of the molecule is CNC(CCNC(=N)N)C(=O)CN. The molecule has 6 nitrogen and oxygen atoms in total. The Labute approximate surface area is 77.6 Å². The maximum atomic E-state index is 11.1. The van der Waals surface area contributed by atoms with Gasteiger partial charge in [0.2, 0.25) is 0 Å². The van der Waals surface area contributed by atoms with Crippen LogP contribution in [0.5, 0.6) is 0 Å². The summed E-state index contributed by atoms with van der Waals surface area (Å²) in [5.41, 5.74) is 10.3. The highest BCUT2D eigenvalue weighted by molar-refractivity contribution is 5.85. The number of carbonyl (C=O) groups is 1. The number of hydrogen-bond acceptors (Lipinski definition) is 4. The van der Waals surface area contributed by atoms with Gasteiger partial charge < -0.3 is 22.1 Å². The first-order valence-electron chi connectivity index (χ1n) is 4.09. The highest BCUT2D eigenvalue weighted by Gasteiger charge is 2.13. The average Bonchev–Trinajstić information content (AvgIpc) is 2.11. The molecule has 0 aromatic heterocycles. The molecule has 0 heterocycles. The fourth-order valence-electron chi connectivity index (χ4n) is 0.960. The van der Waals surface area contributed by atoms with Crippen molar-refractivity contribution in [2.75, 3.05) is 20.1 Å². The molecule has 0 amide bonds. The molecule has 7 N–H and O–H groups in total. The Morgan fingerprint density at radius 3 is 2.62 bits per heavy atom. The van der Waals surface area contributed by atoms with E-state index in [1.54, 1.807) is 7.05 Å². The molecule has 0 radical (unpaired) electrons. The van der Waals surface area contributed by atoms with Gasteiger partial charge in [0.15, 0.2) is 11.7 Å². The van der Waals surface area contributed by atoms with Crippen molar-refractivity contribution in [1.82, 2.24) is 10.6 Å². The molecular weight excluding hydrogens is 170 g/mol. The standard InChI is InChI=1S/C7H17N5O/c1-11-5(6(13)4-8)2-3-12-7(9)10/h5,11H,2-4,8H2,1H3,(H4,9,10,12). The van der Waals surface area contributed by atoms with Crippen LogP contribution in [-0.4, -0.2) is 37.9 Å². The highest BCUT2D eigenvalue weighted by Crippen LogP contribution is 1.90. The number of hydrogen-bond donors (Lipinski definition) is 5.